The summed E-state index contributed by atoms with van der Waals surface area (Å²) < 4.78 is 5.60. The molecule has 1 aromatic rings. The standard InChI is InChI=1S/C16H24N2O2/c1-2-3-12-20-15-6-4-14(5-7-15)18-16(19)13-8-10-17-11-9-13/h4-7,13,17H,2-3,8-12H2,1H3,(H,18,19). The number of unbranched alkanes of at least 4 members (excludes halogenated alkanes) is 1. The van der Waals surface area contributed by atoms with Crippen molar-refractivity contribution in [3.63, 3.8) is 0 Å². The Morgan fingerprint density at radius 3 is 2.65 bits per heavy atom. The number of carbonyl (C=O) groups excluding carboxylic acids is 1. The van der Waals surface area contributed by atoms with Crippen molar-refractivity contribution in [1.82, 2.24) is 5.32 Å². The van der Waals surface area contributed by atoms with E-state index in [0.29, 0.717) is 0 Å². The van der Waals surface area contributed by atoms with Crippen LogP contribution < -0.4 is 15.4 Å². The van der Waals surface area contributed by atoms with E-state index < -0.39 is 0 Å². The van der Waals surface area contributed by atoms with Crippen LogP contribution in [0.15, 0.2) is 24.3 Å². The quantitative estimate of drug-likeness (QED) is 0.786. The number of ether oxygens (including phenoxy) is 1. The number of nitrogens with one attached hydrogen (secondary N) is 2. The number of hydrogen-bond acceptors (Lipinski definition) is 3. The molecule has 1 heterocycles. The lowest BCUT2D eigenvalue weighted by atomic mass is 9.97. The average molecular weight is 276 g/mol. The van der Waals surface area contributed by atoms with Gasteiger partial charge in [-0.25, -0.2) is 0 Å². The minimum absolute atomic E-state index is 0.131. The molecule has 4 nitrogen and oxygen atoms in total. The van der Waals surface area contributed by atoms with Crippen molar-refractivity contribution in [2.75, 3.05) is 25.0 Å². The summed E-state index contributed by atoms with van der Waals surface area (Å²) in [6.45, 7) is 4.75. The molecular weight excluding hydrogens is 252 g/mol. The second kappa shape index (κ2) is 7.90. The van der Waals surface area contributed by atoms with Crippen molar-refractivity contribution in [3.05, 3.63) is 24.3 Å². The lowest BCUT2D eigenvalue weighted by Gasteiger charge is -2.21. The van der Waals surface area contributed by atoms with Crippen molar-refractivity contribution in [2.24, 2.45) is 5.92 Å². The van der Waals surface area contributed by atoms with Crippen molar-refractivity contribution in [2.45, 2.75) is 32.6 Å². The monoisotopic (exact) mass is 276 g/mol. The first kappa shape index (κ1) is 14.9. The molecular formula is C16H24N2O2. The largest absolute Gasteiger partial charge is 0.494 e. The molecule has 1 fully saturated rings. The molecule has 1 aliphatic heterocycles. The van der Waals surface area contributed by atoms with Gasteiger partial charge in [0.05, 0.1) is 6.61 Å². The van der Waals surface area contributed by atoms with Crippen molar-refractivity contribution in [1.29, 1.82) is 0 Å². The van der Waals surface area contributed by atoms with Gasteiger partial charge in [0.2, 0.25) is 5.91 Å². The Morgan fingerprint density at radius 1 is 1.30 bits per heavy atom. The highest BCUT2D eigenvalue weighted by Crippen LogP contribution is 2.19. The summed E-state index contributed by atoms with van der Waals surface area (Å²) in [6.07, 6.45) is 4.03. The second-order valence-electron chi connectivity index (χ2n) is 5.24. The fourth-order valence-corrected chi connectivity index (χ4v) is 2.30. The minimum atomic E-state index is 0.131. The minimum Gasteiger partial charge on any atom is -0.494 e. The van der Waals surface area contributed by atoms with Crippen molar-refractivity contribution >= 4 is 11.6 Å². The third-order valence-corrected chi connectivity index (χ3v) is 3.60. The van der Waals surface area contributed by atoms with Gasteiger partial charge in [-0.15, -0.1) is 0 Å². The first-order valence-electron chi connectivity index (χ1n) is 7.54. The summed E-state index contributed by atoms with van der Waals surface area (Å²) in [4.78, 5) is 12.1. The molecule has 0 saturated carbocycles. The van der Waals surface area contributed by atoms with Gasteiger partial charge in [-0.1, -0.05) is 13.3 Å². The van der Waals surface area contributed by atoms with Gasteiger partial charge in [0.15, 0.2) is 0 Å². The molecule has 1 aromatic carbocycles. The lowest BCUT2D eigenvalue weighted by Crippen LogP contribution is -2.34. The predicted octanol–water partition coefficient (Wildman–Crippen LogP) is 2.80. The third kappa shape index (κ3) is 4.53. The molecule has 1 saturated heterocycles. The first-order chi connectivity index (χ1) is 9.79. The molecule has 0 radical (unpaired) electrons. The summed E-state index contributed by atoms with van der Waals surface area (Å²) in [5.41, 5.74) is 0.844. The maximum Gasteiger partial charge on any atom is 0.227 e. The molecule has 20 heavy (non-hydrogen) atoms. The SMILES string of the molecule is CCCCOc1ccc(NC(=O)C2CCNCC2)cc1. The normalized spacial score (nSPS) is 15.8. The van der Waals surface area contributed by atoms with Crippen LogP contribution in [0.25, 0.3) is 0 Å². The second-order valence-corrected chi connectivity index (χ2v) is 5.24. The summed E-state index contributed by atoms with van der Waals surface area (Å²) in [5, 5.41) is 6.25. The molecule has 2 rings (SSSR count). The van der Waals surface area contributed by atoms with E-state index in [-0.39, 0.29) is 11.8 Å². The maximum atomic E-state index is 12.1. The highest BCUT2D eigenvalue weighted by atomic mass is 16.5. The topological polar surface area (TPSA) is 50.4 Å². The van der Waals surface area contributed by atoms with Crippen LogP contribution >= 0.6 is 0 Å². The van der Waals surface area contributed by atoms with Gasteiger partial charge >= 0.3 is 0 Å². The number of benzene rings is 1. The number of amides is 1. The molecule has 0 atom stereocenters. The van der Waals surface area contributed by atoms with E-state index in [1.165, 1.54) is 0 Å². The molecule has 4 heteroatoms. The van der Waals surface area contributed by atoms with E-state index in [2.05, 4.69) is 17.6 Å². The molecule has 0 unspecified atom stereocenters. The number of rotatable bonds is 6. The molecule has 0 spiro atoms. The van der Waals surface area contributed by atoms with Gasteiger partial charge in [-0.3, -0.25) is 4.79 Å². The molecule has 110 valence electrons. The number of carbonyl (C=O) groups is 1. The van der Waals surface area contributed by atoms with E-state index in [1.54, 1.807) is 0 Å². The van der Waals surface area contributed by atoms with Gasteiger partial charge in [-0.05, 0) is 56.6 Å². The number of piperidine rings is 1. The molecule has 2 N–H and O–H groups in total. The number of anilines is 1. The van der Waals surface area contributed by atoms with Crippen LogP contribution in [0.4, 0.5) is 5.69 Å². The van der Waals surface area contributed by atoms with Gasteiger partial charge in [0.1, 0.15) is 5.75 Å². The summed E-state index contributed by atoms with van der Waals surface area (Å²) in [6, 6.07) is 7.63. The smallest absolute Gasteiger partial charge is 0.227 e. The zero-order valence-corrected chi connectivity index (χ0v) is 12.2. The van der Waals surface area contributed by atoms with Crippen LogP contribution in [-0.2, 0) is 4.79 Å². The van der Waals surface area contributed by atoms with E-state index in [4.69, 9.17) is 4.74 Å². The Labute approximate surface area is 120 Å². The third-order valence-electron chi connectivity index (χ3n) is 3.60. The summed E-state index contributed by atoms with van der Waals surface area (Å²) in [5.74, 6) is 1.13. The van der Waals surface area contributed by atoms with Gasteiger partial charge < -0.3 is 15.4 Å². The average Bonchev–Trinajstić information content (AvgIpc) is 2.50. The molecule has 1 amide bonds. The fourth-order valence-electron chi connectivity index (χ4n) is 2.30. The highest BCUT2D eigenvalue weighted by molar-refractivity contribution is 5.92. The Bertz CT molecular complexity index is 411. The van der Waals surface area contributed by atoms with E-state index in [1.807, 2.05) is 24.3 Å². The zero-order chi connectivity index (χ0) is 14.2. The highest BCUT2D eigenvalue weighted by Gasteiger charge is 2.20. The van der Waals surface area contributed by atoms with E-state index in [9.17, 15) is 4.79 Å². The van der Waals surface area contributed by atoms with Gasteiger partial charge in [-0.2, -0.15) is 0 Å². The van der Waals surface area contributed by atoms with Crippen LogP contribution in [-0.4, -0.2) is 25.6 Å². The summed E-state index contributed by atoms with van der Waals surface area (Å²) >= 11 is 0. The number of hydrogen-bond donors (Lipinski definition) is 2. The Hall–Kier alpha value is -1.55. The Morgan fingerprint density at radius 2 is 2.00 bits per heavy atom. The van der Waals surface area contributed by atoms with Gasteiger partial charge in [0.25, 0.3) is 0 Å². The van der Waals surface area contributed by atoms with Crippen molar-refractivity contribution in [3.8, 4) is 5.75 Å². The Kier molecular flexibility index (Phi) is 5.87. The van der Waals surface area contributed by atoms with Crippen LogP contribution in [0.2, 0.25) is 0 Å². The fraction of sp³-hybridized carbons (Fsp3) is 0.562. The molecule has 1 aliphatic rings. The van der Waals surface area contributed by atoms with Crippen LogP contribution in [0.5, 0.6) is 5.75 Å². The maximum absolute atomic E-state index is 12.1. The molecule has 0 aliphatic carbocycles. The molecule has 0 bridgehead atoms. The lowest BCUT2D eigenvalue weighted by molar-refractivity contribution is -0.120. The first-order valence-corrected chi connectivity index (χ1v) is 7.54. The summed E-state index contributed by atoms with van der Waals surface area (Å²) in [7, 11) is 0. The van der Waals surface area contributed by atoms with E-state index >= 15 is 0 Å². The van der Waals surface area contributed by atoms with Crippen LogP contribution in [0.3, 0.4) is 0 Å². The van der Waals surface area contributed by atoms with E-state index in [0.717, 1.165) is 56.8 Å². The zero-order valence-electron chi connectivity index (χ0n) is 12.2. The Balaban J connectivity index is 1.81. The van der Waals surface area contributed by atoms with Crippen LogP contribution in [0, 0.1) is 5.92 Å². The predicted molar refractivity (Wildman–Crippen MR) is 81.1 cm³/mol. The molecule has 0 aromatic heterocycles. The van der Waals surface area contributed by atoms with Crippen molar-refractivity contribution < 1.29 is 9.53 Å². The van der Waals surface area contributed by atoms with Gasteiger partial charge in [0, 0.05) is 11.6 Å². The van der Waals surface area contributed by atoms with Crippen LogP contribution in [0.1, 0.15) is 32.6 Å².